The van der Waals surface area contributed by atoms with Gasteiger partial charge in [-0.25, -0.2) is 4.79 Å². The van der Waals surface area contributed by atoms with E-state index in [0.29, 0.717) is 6.54 Å². The second kappa shape index (κ2) is 4.23. The number of aliphatic imine (C=N–C) groups is 1. The van der Waals surface area contributed by atoms with Gasteiger partial charge in [-0.15, -0.1) is 0 Å². The SMILES string of the molecule is O=C(O)C=NCc1cccnc1. The van der Waals surface area contributed by atoms with E-state index in [1.807, 2.05) is 6.07 Å². The second-order valence-electron chi connectivity index (χ2n) is 2.17. The van der Waals surface area contributed by atoms with Crippen LogP contribution in [-0.4, -0.2) is 22.3 Å². The van der Waals surface area contributed by atoms with Crippen LogP contribution < -0.4 is 0 Å². The normalized spacial score (nSPS) is 10.3. The topological polar surface area (TPSA) is 62.5 Å². The van der Waals surface area contributed by atoms with E-state index in [4.69, 9.17) is 5.11 Å². The fraction of sp³-hybridized carbons (Fsp3) is 0.125. The van der Waals surface area contributed by atoms with Gasteiger partial charge in [-0.3, -0.25) is 9.98 Å². The predicted molar refractivity (Wildman–Crippen MR) is 44.1 cm³/mol. The van der Waals surface area contributed by atoms with Crippen molar-refractivity contribution in [1.82, 2.24) is 4.98 Å². The van der Waals surface area contributed by atoms with Crippen LogP contribution in [0.3, 0.4) is 0 Å². The number of aliphatic carboxylic acids is 1. The molecule has 0 fully saturated rings. The summed E-state index contributed by atoms with van der Waals surface area (Å²) < 4.78 is 0. The van der Waals surface area contributed by atoms with Crippen LogP contribution in [0.2, 0.25) is 0 Å². The summed E-state index contributed by atoms with van der Waals surface area (Å²) in [5.74, 6) is -1.03. The van der Waals surface area contributed by atoms with Crippen molar-refractivity contribution in [3.63, 3.8) is 0 Å². The average Bonchev–Trinajstić information content (AvgIpc) is 2.05. The molecule has 1 N–H and O–H groups in total. The standard InChI is InChI=1S/C8H8N2O2/c11-8(12)6-10-5-7-2-1-3-9-4-7/h1-4,6H,5H2,(H,11,12). The summed E-state index contributed by atoms with van der Waals surface area (Å²) in [6.07, 6.45) is 4.19. The molecule has 0 aromatic carbocycles. The third-order valence-corrected chi connectivity index (χ3v) is 1.20. The van der Waals surface area contributed by atoms with Gasteiger partial charge in [0.05, 0.1) is 6.54 Å². The number of carboxylic acids is 1. The molecule has 0 radical (unpaired) electrons. The molecule has 0 amide bonds. The van der Waals surface area contributed by atoms with Gasteiger partial charge >= 0.3 is 5.97 Å². The van der Waals surface area contributed by atoms with Crippen LogP contribution in [0, 0.1) is 0 Å². The Bertz CT molecular complexity index is 282. The Balaban J connectivity index is 2.49. The highest BCUT2D eigenvalue weighted by Crippen LogP contribution is 1.96. The molecule has 4 nitrogen and oxygen atoms in total. The lowest BCUT2D eigenvalue weighted by Crippen LogP contribution is -1.95. The molecular weight excluding hydrogens is 156 g/mol. The lowest BCUT2D eigenvalue weighted by molar-refractivity contribution is -0.128. The van der Waals surface area contributed by atoms with E-state index in [0.717, 1.165) is 11.8 Å². The van der Waals surface area contributed by atoms with Crippen molar-refractivity contribution < 1.29 is 9.90 Å². The Labute approximate surface area is 69.6 Å². The molecule has 0 atom stereocenters. The highest BCUT2D eigenvalue weighted by atomic mass is 16.4. The van der Waals surface area contributed by atoms with E-state index >= 15 is 0 Å². The van der Waals surface area contributed by atoms with E-state index < -0.39 is 5.97 Å². The summed E-state index contributed by atoms with van der Waals surface area (Å²) in [6, 6.07) is 3.62. The first-order valence-electron chi connectivity index (χ1n) is 3.40. The minimum Gasteiger partial charge on any atom is -0.477 e. The van der Waals surface area contributed by atoms with E-state index in [1.54, 1.807) is 18.5 Å². The minimum atomic E-state index is -1.03. The Morgan fingerprint density at radius 1 is 1.75 bits per heavy atom. The summed E-state index contributed by atoms with van der Waals surface area (Å²) in [6.45, 7) is 0.361. The van der Waals surface area contributed by atoms with Gasteiger partial charge in [0.25, 0.3) is 0 Å². The van der Waals surface area contributed by atoms with E-state index in [9.17, 15) is 4.79 Å². The van der Waals surface area contributed by atoms with Crippen molar-refractivity contribution in [2.24, 2.45) is 4.99 Å². The third kappa shape index (κ3) is 2.92. The van der Waals surface area contributed by atoms with Crippen molar-refractivity contribution in [1.29, 1.82) is 0 Å². The van der Waals surface area contributed by atoms with E-state index in [1.165, 1.54) is 0 Å². The van der Waals surface area contributed by atoms with Crippen molar-refractivity contribution >= 4 is 12.2 Å². The van der Waals surface area contributed by atoms with Gasteiger partial charge in [0.2, 0.25) is 0 Å². The highest BCUT2D eigenvalue weighted by Gasteiger charge is 1.89. The molecule has 1 rings (SSSR count). The summed E-state index contributed by atoms with van der Waals surface area (Å²) in [7, 11) is 0. The van der Waals surface area contributed by atoms with Gasteiger partial charge in [0, 0.05) is 12.4 Å². The first kappa shape index (κ1) is 8.39. The number of pyridine rings is 1. The van der Waals surface area contributed by atoms with Crippen molar-refractivity contribution in [3.8, 4) is 0 Å². The first-order valence-corrected chi connectivity index (χ1v) is 3.40. The predicted octanol–water partition coefficient (Wildman–Crippen LogP) is 0.737. The number of aromatic nitrogens is 1. The third-order valence-electron chi connectivity index (χ3n) is 1.20. The number of hydrogen-bond donors (Lipinski definition) is 1. The number of carbonyl (C=O) groups is 1. The summed E-state index contributed by atoms with van der Waals surface area (Å²) in [5, 5.41) is 8.23. The van der Waals surface area contributed by atoms with Gasteiger partial charge in [0.15, 0.2) is 0 Å². The zero-order valence-electron chi connectivity index (χ0n) is 6.34. The maximum Gasteiger partial charge on any atom is 0.346 e. The van der Waals surface area contributed by atoms with Crippen molar-refractivity contribution in [2.75, 3.05) is 0 Å². The highest BCUT2D eigenvalue weighted by molar-refractivity contribution is 6.21. The summed E-state index contributed by atoms with van der Waals surface area (Å²) >= 11 is 0. The number of hydrogen-bond acceptors (Lipinski definition) is 3. The molecule has 0 bridgehead atoms. The van der Waals surface area contributed by atoms with Crippen LogP contribution in [0.1, 0.15) is 5.56 Å². The minimum absolute atomic E-state index is 0.361. The largest absolute Gasteiger partial charge is 0.477 e. The van der Waals surface area contributed by atoms with Crippen LogP contribution in [0.15, 0.2) is 29.5 Å². The maximum absolute atomic E-state index is 10.0. The molecule has 1 aromatic heterocycles. The summed E-state index contributed by atoms with van der Waals surface area (Å²) in [5.41, 5.74) is 0.898. The number of carboxylic acid groups (broad SMARTS) is 1. The van der Waals surface area contributed by atoms with E-state index in [2.05, 4.69) is 9.98 Å². The van der Waals surface area contributed by atoms with Crippen LogP contribution in [-0.2, 0) is 11.3 Å². The Morgan fingerprint density at radius 3 is 3.17 bits per heavy atom. The van der Waals surface area contributed by atoms with Gasteiger partial charge in [-0.1, -0.05) is 6.07 Å². The fourth-order valence-corrected chi connectivity index (χ4v) is 0.721. The van der Waals surface area contributed by atoms with Crippen LogP contribution in [0.4, 0.5) is 0 Å². The molecule has 4 heteroatoms. The quantitative estimate of drug-likeness (QED) is 0.670. The molecule has 0 spiro atoms. The van der Waals surface area contributed by atoms with Gasteiger partial charge in [-0.05, 0) is 11.6 Å². The summed E-state index contributed by atoms with van der Waals surface area (Å²) in [4.78, 5) is 17.6. The van der Waals surface area contributed by atoms with Crippen LogP contribution in [0.5, 0.6) is 0 Å². The monoisotopic (exact) mass is 164 g/mol. The number of rotatable bonds is 3. The molecule has 0 saturated carbocycles. The molecule has 1 heterocycles. The molecule has 0 aliphatic carbocycles. The van der Waals surface area contributed by atoms with E-state index in [-0.39, 0.29) is 0 Å². The molecule has 0 unspecified atom stereocenters. The molecule has 1 aromatic rings. The van der Waals surface area contributed by atoms with Crippen molar-refractivity contribution in [3.05, 3.63) is 30.1 Å². The first-order chi connectivity index (χ1) is 5.79. The molecule has 0 saturated heterocycles. The second-order valence-corrected chi connectivity index (χ2v) is 2.17. The van der Waals surface area contributed by atoms with Gasteiger partial charge in [0.1, 0.15) is 6.21 Å². The zero-order chi connectivity index (χ0) is 8.81. The molecule has 12 heavy (non-hydrogen) atoms. The van der Waals surface area contributed by atoms with Crippen molar-refractivity contribution in [2.45, 2.75) is 6.54 Å². The lowest BCUT2D eigenvalue weighted by atomic mass is 10.3. The van der Waals surface area contributed by atoms with Crippen LogP contribution >= 0.6 is 0 Å². The fourth-order valence-electron chi connectivity index (χ4n) is 0.721. The van der Waals surface area contributed by atoms with Gasteiger partial charge in [-0.2, -0.15) is 0 Å². The smallest absolute Gasteiger partial charge is 0.346 e. The number of nitrogens with zero attached hydrogens (tertiary/aromatic N) is 2. The van der Waals surface area contributed by atoms with Gasteiger partial charge < -0.3 is 5.11 Å². The molecule has 0 aliphatic rings. The van der Waals surface area contributed by atoms with Crippen LogP contribution in [0.25, 0.3) is 0 Å². The lowest BCUT2D eigenvalue weighted by Gasteiger charge is -1.91. The average molecular weight is 164 g/mol. The molecule has 62 valence electrons. The Morgan fingerprint density at radius 2 is 2.58 bits per heavy atom. The molecule has 0 aliphatic heterocycles. The Kier molecular flexibility index (Phi) is 2.95. The zero-order valence-corrected chi connectivity index (χ0v) is 6.34. The maximum atomic E-state index is 10.0. The Hall–Kier alpha value is -1.71. The molecular formula is C8H8N2O2.